The van der Waals surface area contributed by atoms with Crippen LogP contribution in [0.4, 0.5) is 0 Å². The Labute approximate surface area is 109 Å². The molecule has 0 saturated heterocycles. The molecule has 2 N–H and O–H groups in total. The van der Waals surface area contributed by atoms with E-state index < -0.39 is 15.5 Å². The lowest BCUT2D eigenvalue weighted by Crippen LogP contribution is -2.28. The average Bonchev–Trinajstić information content (AvgIpc) is 2.73. The van der Waals surface area contributed by atoms with Crippen LogP contribution in [0, 0.1) is 6.92 Å². The molecule has 2 heterocycles. The van der Waals surface area contributed by atoms with Crippen LogP contribution in [0.5, 0.6) is 0 Å². The molecule has 0 radical (unpaired) electrons. The minimum atomic E-state index is -3.77. The zero-order valence-corrected chi connectivity index (χ0v) is 11.3. The highest BCUT2D eigenvalue weighted by atomic mass is 32.2. The van der Waals surface area contributed by atoms with E-state index in [9.17, 15) is 13.2 Å². The van der Waals surface area contributed by atoms with Gasteiger partial charge >= 0.3 is 0 Å². The third-order valence-electron chi connectivity index (χ3n) is 2.49. The maximum atomic E-state index is 11.9. The van der Waals surface area contributed by atoms with Crippen molar-refractivity contribution in [2.45, 2.75) is 18.4 Å². The Hall–Kier alpha value is -1.44. The molecule has 96 valence electrons. The molecule has 0 spiro atoms. The molecule has 0 bridgehead atoms. The van der Waals surface area contributed by atoms with Crippen LogP contribution in [0.1, 0.15) is 11.1 Å². The van der Waals surface area contributed by atoms with Gasteiger partial charge in [-0.15, -0.1) is 0 Å². The van der Waals surface area contributed by atoms with E-state index in [0.29, 0.717) is 0 Å². The quantitative estimate of drug-likeness (QED) is 0.886. The summed E-state index contributed by atoms with van der Waals surface area (Å²) in [5.74, 6) is 0. The largest absolute Gasteiger partial charge is 0.366 e. The fourth-order valence-electron chi connectivity index (χ4n) is 1.43. The van der Waals surface area contributed by atoms with Gasteiger partial charge in [-0.1, -0.05) is 0 Å². The zero-order chi connectivity index (χ0) is 13.2. The highest BCUT2D eigenvalue weighted by molar-refractivity contribution is 7.89. The summed E-state index contributed by atoms with van der Waals surface area (Å²) in [5, 5.41) is 3.83. The van der Waals surface area contributed by atoms with E-state index in [1.54, 1.807) is 0 Å². The van der Waals surface area contributed by atoms with Crippen molar-refractivity contribution >= 4 is 21.4 Å². The molecule has 0 fully saturated rings. The van der Waals surface area contributed by atoms with Crippen LogP contribution in [0.15, 0.2) is 38.9 Å². The molecule has 0 aliphatic rings. The SMILES string of the molecule is Cc1cscc1CNS(=O)(=O)c1c[nH]ccc1=O. The Balaban J connectivity index is 2.21. The maximum absolute atomic E-state index is 11.9. The Morgan fingerprint density at radius 2 is 2.17 bits per heavy atom. The number of aromatic amines is 1. The van der Waals surface area contributed by atoms with Crippen molar-refractivity contribution in [3.63, 3.8) is 0 Å². The van der Waals surface area contributed by atoms with E-state index in [1.165, 1.54) is 29.8 Å². The number of thiophene rings is 1. The van der Waals surface area contributed by atoms with Crippen LogP contribution < -0.4 is 10.2 Å². The summed E-state index contributed by atoms with van der Waals surface area (Å²) in [7, 11) is -3.77. The molecule has 0 unspecified atom stereocenters. The summed E-state index contributed by atoms with van der Waals surface area (Å²) in [6.45, 7) is 2.10. The zero-order valence-electron chi connectivity index (χ0n) is 9.64. The molecule has 7 heteroatoms. The Morgan fingerprint density at radius 3 is 2.78 bits per heavy atom. The van der Waals surface area contributed by atoms with Crippen molar-refractivity contribution in [1.82, 2.24) is 9.71 Å². The number of hydrogen-bond acceptors (Lipinski definition) is 4. The van der Waals surface area contributed by atoms with Crippen molar-refractivity contribution in [3.05, 3.63) is 50.6 Å². The lowest BCUT2D eigenvalue weighted by Gasteiger charge is -2.05. The molecule has 0 atom stereocenters. The number of pyridine rings is 1. The molecule has 0 aliphatic carbocycles. The predicted molar refractivity (Wildman–Crippen MR) is 70.1 cm³/mol. The van der Waals surface area contributed by atoms with Gasteiger partial charge < -0.3 is 4.98 Å². The second-order valence-electron chi connectivity index (χ2n) is 3.78. The van der Waals surface area contributed by atoms with Crippen LogP contribution in [-0.4, -0.2) is 13.4 Å². The lowest BCUT2D eigenvalue weighted by atomic mass is 10.2. The molecule has 2 rings (SSSR count). The standard InChI is InChI=1S/C11H12N2O3S2/c1-8-6-17-7-9(8)4-13-18(15,16)11-5-12-3-2-10(11)14/h2-3,5-7,13H,4H2,1H3,(H,12,14). The van der Waals surface area contributed by atoms with Crippen LogP contribution in [0.25, 0.3) is 0 Å². The van der Waals surface area contributed by atoms with Gasteiger partial charge in [0.25, 0.3) is 0 Å². The molecule has 2 aromatic rings. The van der Waals surface area contributed by atoms with Gasteiger partial charge in [0.2, 0.25) is 15.5 Å². The topological polar surface area (TPSA) is 79.0 Å². The molecule has 0 amide bonds. The fraction of sp³-hybridized carbons (Fsp3) is 0.182. The van der Waals surface area contributed by atoms with Crippen molar-refractivity contribution in [3.8, 4) is 0 Å². The van der Waals surface area contributed by atoms with Crippen molar-refractivity contribution in [1.29, 1.82) is 0 Å². The summed E-state index contributed by atoms with van der Waals surface area (Å²) < 4.78 is 26.3. The Morgan fingerprint density at radius 1 is 1.39 bits per heavy atom. The first-order chi connectivity index (χ1) is 8.50. The van der Waals surface area contributed by atoms with Gasteiger partial charge in [-0.25, -0.2) is 13.1 Å². The van der Waals surface area contributed by atoms with E-state index in [2.05, 4.69) is 9.71 Å². The van der Waals surface area contributed by atoms with Crippen LogP contribution in [0.2, 0.25) is 0 Å². The van der Waals surface area contributed by atoms with Gasteiger partial charge in [-0.05, 0) is 28.8 Å². The van der Waals surface area contributed by atoms with E-state index in [4.69, 9.17) is 0 Å². The summed E-state index contributed by atoms with van der Waals surface area (Å²) in [5.41, 5.74) is 1.42. The molecule has 0 aliphatic heterocycles. The number of H-pyrrole nitrogens is 1. The molecule has 0 saturated carbocycles. The van der Waals surface area contributed by atoms with Gasteiger partial charge in [0.05, 0.1) is 0 Å². The number of sulfonamides is 1. The highest BCUT2D eigenvalue weighted by Gasteiger charge is 2.17. The summed E-state index contributed by atoms with van der Waals surface area (Å²) in [6.07, 6.45) is 2.58. The number of aromatic nitrogens is 1. The van der Waals surface area contributed by atoms with Gasteiger partial charge in [-0.3, -0.25) is 4.79 Å². The first-order valence-corrected chi connectivity index (χ1v) is 7.62. The second-order valence-corrected chi connectivity index (χ2v) is 6.26. The fourth-order valence-corrected chi connectivity index (χ4v) is 3.34. The van der Waals surface area contributed by atoms with Crippen molar-refractivity contribution in [2.24, 2.45) is 0 Å². The van der Waals surface area contributed by atoms with Crippen LogP contribution >= 0.6 is 11.3 Å². The normalized spacial score (nSPS) is 11.6. The number of rotatable bonds is 4. The van der Waals surface area contributed by atoms with E-state index in [-0.39, 0.29) is 11.4 Å². The average molecular weight is 284 g/mol. The van der Waals surface area contributed by atoms with Gasteiger partial charge in [0, 0.05) is 25.0 Å². The molecule has 5 nitrogen and oxygen atoms in total. The highest BCUT2D eigenvalue weighted by Crippen LogP contribution is 2.14. The third kappa shape index (κ3) is 2.69. The predicted octanol–water partition coefficient (Wildman–Crippen LogP) is 1.22. The lowest BCUT2D eigenvalue weighted by molar-refractivity contribution is 0.580. The summed E-state index contributed by atoms with van der Waals surface area (Å²) in [6, 6.07) is 1.18. The molecular weight excluding hydrogens is 272 g/mol. The molecular formula is C11H12N2O3S2. The first-order valence-electron chi connectivity index (χ1n) is 5.19. The number of hydrogen-bond donors (Lipinski definition) is 2. The summed E-state index contributed by atoms with van der Waals surface area (Å²) in [4.78, 5) is 13.8. The number of nitrogens with one attached hydrogen (secondary N) is 2. The maximum Gasteiger partial charge on any atom is 0.246 e. The summed E-state index contributed by atoms with van der Waals surface area (Å²) >= 11 is 1.51. The van der Waals surface area contributed by atoms with Gasteiger partial charge in [0.15, 0.2) is 0 Å². The molecule has 2 aromatic heterocycles. The minimum absolute atomic E-state index is 0.187. The van der Waals surface area contributed by atoms with Gasteiger partial charge in [-0.2, -0.15) is 11.3 Å². The minimum Gasteiger partial charge on any atom is -0.366 e. The smallest absolute Gasteiger partial charge is 0.246 e. The van der Waals surface area contributed by atoms with Crippen molar-refractivity contribution < 1.29 is 8.42 Å². The van der Waals surface area contributed by atoms with Gasteiger partial charge in [0.1, 0.15) is 4.90 Å². The van der Waals surface area contributed by atoms with E-state index in [0.717, 1.165) is 11.1 Å². The second kappa shape index (κ2) is 5.05. The van der Waals surface area contributed by atoms with Crippen LogP contribution in [0.3, 0.4) is 0 Å². The number of aryl methyl sites for hydroxylation is 1. The molecule has 0 aromatic carbocycles. The van der Waals surface area contributed by atoms with E-state index >= 15 is 0 Å². The Bertz CT molecular complexity index is 701. The van der Waals surface area contributed by atoms with E-state index in [1.807, 2.05) is 17.7 Å². The van der Waals surface area contributed by atoms with Crippen molar-refractivity contribution in [2.75, 3.05) is 0 Å². The van der Waals surface area contributed by atoms with Crippen LogP contribution in [-0.2, 0) is 16.6 Å². The Kier molecular flexibility index (Phi) is 3.65. The monoisotopic (exact) mass is 284 g/mol. The third-order valence-corrected chi connectivity index (χ3v) is 4.82. The first kappa shape index (κ1) is 13.0. The molecule has 18 heavy (non-hydrogen) atoms.